The van der Waals surface area contributed by atoms with Crippen LogP contribution < -0.4 is 4.90 Å². The Hall–Kier alpha value is -3.62. The van der Waals surface area contributed by atoms with Crippen LogP contribution in [0.3, 0.4) is 0 Å². The van der Waals surface area contributed by atoms with Gasteiger partial charge in [-0.1, -0.05) is 100 Å². The van der Waals surface area contributed by atoms with E-state index in [0.717, 1.165) is 9.79 Å². The number of halogens is 3. The van der Waals surface area contributed by atoms with E-state index in [2.05, 4.69) is 5.16 Å². The molecule has 6 nitrogen and oxygen atoms in total. The Kier molecular flexibility index (Phi) is 9.66. The van der Waals surface area contributed by atoms with Crippen molar-refractivity contribution in [2.75, 3.05) is 11.9 Å². The maximum Gasteiger partial charge on any atom is 0.440 e. The Bertz CT molecular complexity index is 1520. The number of carbonyl (C=O) groups excluding carboxylic acids is 3. The molecule has 0 saturated heterocycles. The first-order valence-electron chi connectivity index (χ1n) is 11.8. The second-order valence-electron chi connectivity index (χ2n) is 8.36. The standard InChI is InChI=1S/C30H21Cl3N2O4S/c1-35(23-10-6-3-7-11-23)29(38)39-34-28(30(31,32)33)27(37)22-14-18-25(19-15-22)40-24-16-12-21(13-17-24)26(36)20-8-4-2-5-9-20/h2-19H,1H3/b34-28-. The first-order valence-corrected chi connectivity index (χ1v) is 13.8. The van der Waals surface area contributed by atoms with Crippen LogP contribution in [0, 0.1) is 0 Å². The molecule has 0 atom stereocenters. The number of benzene rings is 4. The molecule has 0 saturated carbocycles. The molecule has 202 valence electrons. The van der Waals surface area contributed by atoms with Crippen molar-refractivity contribution in [3.8, 4) is 0 Å². The fourth-order valence-electron chi connectivity index (χ4n) is 3.50. The number of oxime groups is 1. The summed E-state index contributed by atoms with van der Waals surface area (Å²) in [5, 5.41) is 3.60. The van der Waals surface area contributed by atoms with Crippen molar-refractivity contribution < 1.29 is 19.2 Å². The average Bonchev–Trinajstić information content (AvgIpc) is 2.97. The van der Waals surface area contributed by atoms with Gasteiger partial charge in [0.25, 0.3) is 0 Å². The Morgan fingerprint density at radius 1 is 0.700 bits per heavy atom. The van der Waals surface area contributed by atoms with Crippen molar-refractivity contribution in [2.24, 2.45) is 5.16 Å². The number of alkyl halides is 3. The molecule has 0 aliphatic rings. The van der Waals surface area contributed by atoms with Crippen LogP contribution in [0.5, 0.6) is 0 Å². The van der Waals surface area contributed by atoms with Crippen molar-refractivity contribution in [3.05, 3.63) is 126 Å². The van der Waals surface area contributed by atoms with Crippen LogP contribution in [0.1, 0.15) is 26.3 Å². The summed E-state index contributed by atoms with van der Waals surface area (Å²) in [5.41, 5.74) is 1.39. The van der Waals surface area contributed by atoms with Gasteiger partial charge in [0, 0.05) is 39.2 Å². The number of ketones is 2. The predicted octanol–water partition coefficient (Wildman–Crippen LogP) is 8.25. The van der Waals surface area contributed by atoms with Crippen LogP contribution in [0.2, 0.25) is 0 Å². The fraction of sp³-hybridized carbons (Fsp3) is 0.0667. The smallest absolute Gasteiger partial charge is 0.297 e. The van der Waals surface area contributed by atoms with Crippen LogP contribution in [0.15, 0.2) is 124 Å². The van der Waals surface area contributed by atoms with Crippen molar-refractivity contribution in [1.82, 2.24) is 0 Å². The van der Waals surface area contributed by atoms with Crippen LogP contribution in [0.4, 0.5) is 10.5 Å². The van der Waals surface area contributed by atoms with Gasteiger partial charge < -0.3 is 0 Å². The van der Waals surface area contributed by atoms with E-state index in [1.54, 1.807) is 78.9 Å². The molecule has 0 aliphatic carbocycles. The zero-order chi connectivity index (χ0) is 28.7. The highest BCUT2D eigenvalue weighted by Crippen LogP contribution is 2.32. The summed E-state index contributed by atoms with van der Waals surface area (Å²) in [5.74, 6) is -0.765. The molecule has 0 spiro atoms. The third kappa shape index (κ3) is 7.52. The molecule has 4 aromatic rings. The lowest BCUT2D eigenvalue weighted by Crippen LogP contribution is -2.31. The van der Waals surface area contributed by atoms with E-state index in [-0.39, 0.29) is 11.3 Å². The summed E-state index contributed by atoms with van der Waals surface area (Å²) in [7, 11) is 1.48. The average molecular weight is 612 g/mol. The molecule has 0 N–H and O–H groups in total. The zero-order valence-corrected chi connectivity index (χ0v) is 24.0. The molecule has 0 aromatic heterocycles. The van der Waals surface area contributed by atoms with E-state index >= 15 is 0 Å². The predicted molar refractivity (Wildman–Crippen MR) is 160 cm³/mol. The number of rotatable bonds is 8. The normalized spacial score (nSPS) is 11.6. The van der Waals surface area contributed by atoms with Gasteiger partial charge in [-0.2, -0.15) is 0 Å². The summed E-state index contributed by atoms with van der Waals surface area (Å²) in [6, 6.07) is 31.6. The van der Waals surface area contributed by atoms with Crippen LogP contribution in [0.25, 0.3) is 0 Å². The molecule has 10 heteroatoms. The van der Waals surface area contributed by atoms with Crippen molar-refractivity contribution >= 4 is 75.6 Å². The zero-order valence-electron chi connectivity index (χ0n) is 21.0. The molecule has 0 fully saturated rings. The molecule has 0 bridgehead atoms. The van der Waals surface area contributed by atoms with Gasteiger partial charge >= 0.3 is 6.09 Å². The van der Waals surface area contributed by atoms with E-state index < -0.39 is 21.4 Å². The SMILES string of the molecule is CN(C(=O)O/N=C(/C(=O)c1ccc(Sc2ccc(C(=O)c3ccccc3)cc2)cc1)C(Cl)(Cl)Cl)c1ccccc1. The van der Waals surface area contributed by atoms with Gasteiger partial charge in [0.1, 0.15) is 0 Å². The van der Waals surface area contributed by atoms with Gasteiger partial charge in [-0.15, -0.1) is 0 Å². The van der Waals surface area contributed by atoms with Gasteiger partial charge in [-0.3, -0.25) is 19.3 Å². The first-order chi connectivity index (χ1) is 19.1. The van der Waals surface area contributed by atoms with E-state index in [1.165, 1.54) is 23.7 Å². The first kappa shape index (κ1) is 29.4. The number of anilines is 1. The fourth-order valence-corrected chi connectivity index (χ4v) is 4.68. The van der Waals surface area contributed by atoms with Crippen molar-refractivity contribution in [1.29, 1.82) is 0 Å². The molecule has 0 aliphatic heterocycles. The van der Waals surface area contributed by atoms with Gasteiger partial charge in [0.2, 0.25) is 9.58 Å². The number of hydrogen-bond donors (Lipinski definition) is 0. The van der Waals surface area contributed by atoms with Gasteiger partial charge in [-0.05, 0) is 60.7 Å². The van der Waals surface area contributed by atoms with Crippen LogP contribution >= 0.6 is 46.6 Å². The molecular weight excluding hydrogens is 591 g/mol. The third-order valence-electron chi connectivity index (χ3n) is 5.62. The summed E-state index contributed by atoms with van der Waals surface area (Å²) < 4.78 is -2.24. The van der Waals surface area contributed by atoms with Crippen LogP contribution in [-0.2, 0) is 4.84 Å². The summed E-state index contributed by atoms with van der Waals surface area (Å²) >= 11 is 19.4. The molecule has 40 heavy (non-hydrogen) atoms. The number of para-hydroxylation sites is 1. The Morgan fingerprint density at radius 3 is 1.70 bits per heavy atom. The third-order valence-corrected chi connectivity index (χ3v) is 7.17. The van der Waals surface area contributed by atoms with Crippen molar-refractivity contribution in [3.63, 3.8) is 0 Å². The molecular formula is C30H21Cl3N2O4S. The minimum Gasteiger partial charge on any atom is -0.297 e. The largest absolute Gasteiger partial charge is 0.440 e. The van der Waals surface area contributed by atoms with Crippen molar-refractivity contribution in [2.45, 2.75) is 13.6 Å². The highest BCUT2D eigenvalue weighted by Gasteiger charge is 2.36. The second-order valence-corrected chi connectivity index (χ2v) is 11.8. The maximum absolute atomic E-state index is 13.1. The molecule has 4 rings (SSSR count). The summed E-state index contributed by atoms with van der Waals surface area (Å²) in [6.45, 7) is 0. The van der Waals surface area contributed by atoms with Gasteiger partial charge in [0.15, 0.2) is 11.5 Å². The minimum atomic E-state index is -2.24. The van der Waals surface area contributed by atoms with Crippen LogP contribution in [-0.4, -0.2) is 34.2 Å². The Morgan fingerprint density at radius 2 is 1.18 bits per heavy atom. The molecule has 4 aromatic carbocycles. The number of hydrogen-bond acceptors (Lipinski definition) is 6. The Balaban J connectivity index is 1.43. The quantitative estimate of drug-likeness (QED) is 0.0659. The molecule has 0 radical (unpaired) electrons. The van der Waals surface area contributed by atoms with E-state index in [1.807, 2.05) is 30.3 Å². The van der Waals surface area contributed by atoms with Gasteiger partial charge in [0.05, 0.1) is 0 Å². The number of Topliss-reactive ketones (excluding diaryl/α,β-unsaturated/α-hetero) is 1. The lowest BCUT2D eigenvalue weighted by atomic mass is 10.0. The van der Waals surface area contributed by atoms with E-state index in [0.29, 0.717) is 16.8 Å². The molecule has 0 heterocycles. The lowest BCUT2D eigenvalue weighted by molar-refractivity contribution is 0.103. The summed E-state index contributed by atoms with van der Waals surface area (Å²) in [4.78, 5) is 46.0. The number of nitrogens with zero attached hydrogens (tertiary/aromatic N) is 2. The lowest BCUT2D eigenvalue weighted by Gasteiger charge is -2.16. The maximum atomic E-state index is 13.1. The minimum absolute atomic E-state index is 0.0520. The highest BCUT2D eigenvalue weighted by atomic mass is 35.6. The number of amides is 1. The topological polar surface area (TPSA) is 76.0 Å². The van der Waals surface area contributed by atoms with E-state index in [9.17, 15) is 14.4 Å². The second kappa shape index (κ2) is 13.2. The van der Waals surface area contributed by atoms with E-state index in [4.69, 9.17) is 39.6 Å². The Labute approximate surface area is 250 Å². The molecule has 0 unspecified atom stereocenters. The van der Waals surface area contributed by atoms with Gasteiger partial charge in [-0.25, -0.2) is 4.79 Å². The highest BCUT2D eigenvalue weighted by molar-refractivity contribution is 7.99. The number of carbonyl (C=O) groups is 3. The molecule has 1 amide bonds. The monoisotopic (exact) mass is 610 g/mol. The summed E-state index contributed by atoms with van der Waals surface area (Å²) in [6.07, 6.45) is -0.867.